The first-order chi connectivity index (χ1) is 8.02. The molecule has 0 atom stereocenters. The monoisotopic (exact) mass is 278 g/mol. The van der Waals surface area contributed by atoms with E-state index in [1.165, 1.54) is 12.4 Å². The van der Waals surface area contributed by atoms with Gasteiger partial charge in [-0.05, 0) is 18.2 Å². The second kappa shape index (κ2) is 5.36. The fourth-order valence-electron chi connectivity index (χ4n) is 1.41. The third-order valence-electron chi connectivity index (χ3n) is 2.17. The highest BCUT2D eigenvalue weighted by Crippen LogP contribution is 2.29. The lowest BCUT2D eigenvalue weighted by molar-refractivity contribution is -0.141. The van der Waals surface area contributed by atoms with E-state index in [-0.39, 0.29) is 24.6 Å². The van der Waals surface area contributed by atoms with Gasteiger partial charge in [-0.1, -0.05) is 0 Å². The van der Waals surface area contributed by atoms with Gasteiger partial charge in [0.2, 0.25) is 0 Å². The first-order valence-electron chi connectivity index (χ1n) is 4.79. The molecule has 0 aliphatic rings. The zero-order chi connectivity index (χ0) is 12.5. The van der Waals surface area contributed by atoms with Crippen LogP contribution >= 0.6 is 12.4 Å². The number of halogens is 4. The van der Waals surface area contributed by atoms with Gasteiger partial charge in [-0.3, -0.25) is 4.98 Å². The van der Waals surface area contributed by atoms with Crippen LogP contribution in [0.3, 0.4) is 0 Å². The minimum atomic E-state index is -4.47. The van der Waals surface area contributed by atoms with Crippen molar-refractivity contribution in [2.24, 2.45) is 5.73 Å². The summed E-state index contributed by atoms with van der Waals surface area (Å²) >= 11 is 0. The third kappa shape index (κ3) is 2.80. The molecule has 0 aliphatic carbocycles. The van der Waals surface area contributed by atoms with E-state index in [2.05, 4.69) is 10.1 Å². The minimum Gasteiger partial charge on any atom is -0.325 e. The Morgan fingerprint density at radius 1 is 1.33 bits per heavy atom. The summed E-state index contributed by atoms with van der Waals surface area (Å²) in [5.74, 6) is 0. The topological polar surface area (TPSA) is 56.7 Å². The van der Waals surface area contributed by atoms with Crippen LogP contribution in [0, 0.1) is 0 Å². The highest BCUT2D eigenvalue weighted by atomic mass is 35.5. The van der Waals surface area contributed by atoms with Crippen LogP contribution in [0.1, 0.15) is 11.4 Å². The molecule has 2 aromatic rings. The SMILES string of the molecule is Cl.NCc1cc(C(F)(F)F)nn1-c1cccnc1. The molecular weight excluding hydrogens is 269 g/mol. The molecule has 8 heteroatoms. The zero-order valence-corrected chi connectivity index (χ0v) is 9.87. The highest BCUT2D eigenvalue weighted by Gasteiger charge is 2.34. The van der Waals surface area contributed by atoms with Crippen LogP contribution in [0.25, 0.3) is 5.69 Å². The van der Waals surface area contributed by atoms with Crippen LogP contribution in [0.2, 0.25) is 0 Å². The molecule has 0 aromatic carbocycles. The van der Waals surface area contributed by atoms with Gasteiger partial charge in [-0.15, -0.1) is 12.4 Å². The number of hydrogen-bond acceptors (Lipinski definition) is 3. The molecule has 18 heavy (non-hydrogen) atoms. The van der Waals surface area contributed by atoms with Crippen molar-refractivity contribution >= 4 is 12.4 Å². The second-order valence-electron chi connectivity index (χ2n) is 3.35. The van der Waals surface area contributed by atoms with E-state index in [0.29, 0.717) is 5.69 Å². The molecule has 0 radical (unpaired) electrons. The first-order valence-corrected chi connectivity index (χ1v) is 4.79. The van der Waals surface area contributed by atoms with Crippen molar-refractivity contribution in [1.82, 2.24) is 14.8 Å². The molecule has 98 valence electrons. The molecule has 0 saturated carbocycles. The van der Waals surface area contributed by atoms with Crippen LogP contribution in [0.15, 0.2) is 30.6 Å². The molecule has 2 aromatic heterocycles. The van der Waals surface area contributed by atoms with Crippen molar-refractivity contribution < 1.29 is 13.2 Å². The van der Waals surface area contributed by atoms with Crippen molar-refractivity contribution in [2.75, 3.05) is 0 Å². The van der Waals surface area contributed by atoms with Crippen molar-refractivity contribution in [3.8, 4) is 5.69 Å². The van der Waals surface area contributed by atoms with Gasteiger partial charge in [0.15, 0.2) is 5.69 Å². The number of aromatic nitrogens is 3. The maximum atomic E-state index is 12.5. The number of alkyl halides is 3. The Kier molecular flexibility index (Phi) is 4.31. The minimum absolute atomic E-state index is 0. The van der Waals surface area contributed by atoms with Crippen molar-refractivity contribution in [3.05, 3.63) is 42.0 Å². The van der Waals surface area contributed by atoms with Crippen LogP contribution in [0.4, 0.5) is 13.2 Å². The molecule has 0 spiro atoms. The number of pyridine rings is 1. The van der Waals surface area contributed by atoms with E-state index in [9.17, 15) is 13.2 Å². The fourth-order valence-corrected chi connectivity index (χ4v) is 1.41. The molecule has 0 unspecified atom stereocenters. The first kappa shape index (κ1) is 14.5. The van der Waals surface area contributed by atoms with E-state index in [4.69, 9.17) is 5.73 Å². The molecule has 4 nitrogen and oxygen atoms in total. The lowest BCUT2D eigenvalue weighted by Gasteiger charge is -2.04. The van der Waals surface area contributed by atoms with Crippen LogP contribution in [-0.4, -0.2) is 14.8 Å². The molecule has 0 amide bonds. The molecule has 2 rings (SSSR count). The summed E-state index contributed by atoms with van der Waals surface area (Å²) in [4.78, 5) is 3.83. The summed E-state index contributed by atoms with van der Waals surface area (Å²) in [6, 6.07) is 4.16. The van der Waals surface area contributed by atoms with Gasteiger partial charge in [-0.25, -0.2) is 4.68 Å². The molecule has 0 saturated heterocycles. The lowest BCUT2D eigenvalue weighted by Crippen LogP contribution is -2.08. The molecule has 0 fully saturated rings. The summed E-state index contributed by atoms with van der Waals surface area (Å²) in [5.41, 5.74) is 5.17. The average molecular weight is 279 g/mol. The third-order valence-corrected chi connectivity index (χ3v) is 2.17. The van der Waals surface area contributed by atoms with Crippen LogP contribution in [-0.2, 0) is 12.7 Å². The van der Waals surface area contributed by atoms with E-state index in [0.717, 1.165) is 10.7 Å². The van der Waals surface area contributed by atoms with E-state index in [1.807, 2.05) is 0 Å². The average Bonchev–Trinajstić information content (AvgIpc) is 2.73. The Morgan fingerprint density at radius 2 is 2.06 bits per heavy atom. The number of hydrogen-bond donors (Lipinski definition) is 1. The Balaban J connectivity index is 0.00000162. The molecular formula is C10H10ClF3N4. The Labute approximate surface area is 107 Å². The number of nitrogens with two attached hydrogens (primary N) is 1. The molecule has 0 aliphatic heterocycles. The van der Waals surface area contributed by atoms with Gasteiger partial charge in [0.05, 0.1) is 17.6 Å². The molecule has 0 bridgehead atoms. The lowest BCUT2D eigenvalue weighted by atomic mass is 10.3. The normalized spacial score (nSPS) is 11.1. The predicted molar refractivity (Wildman–Crippen MR) is 61.5 cm³/mol. The number of rotatable bonds is 2. The van der Waals surface area contributed by atoms with Crippen molar-refractivity contribution in [2.45, 2.75) is 12.7 Å². The Hall–Kier alpha value is -1.60. The second-order valence-corrected chi connectivity index (χ2v) is 3.35. The standard InChI is InChI=1S/C10H9F3N4.ClH/c11-10(12,13)9-4-8(5-14)17(16-9)7-2-1-3-15-6-7;/h1-4,6H,5,14H2;1H. The smallest absolute Gasteiger partial charge is 0.325 e. The van der Waals surface area contributed by atoms with Gasteiger partial charge in [0, 0.05) is 12.7 Å². The van der Waals surface area contributed by atoms with Gasteiger partial charge in [0.25, 0.3) is 0 Å². The zero-order valence-electron chi connectivity index (χ0n) is 9.05. The Bertz CT molecular complexity index is 510. The summed E-state index contributed by atoms with van der Waals surface area (Å²) in [6.45, 7) is -0.0298. The Morgan fingerprint density at radius 3 is 2.56 bits per heavy atom. The van der Waals surface area contributed by atoms with E-state index >= 15 is 0 Å². The summed E-state index contributed by atoms with van der Waals surface area (Å²) in [5, 5.41) is 3.49. The van der Waals surface area contributed by atoms with Crippen molar-refractivity contribution in [1.29, 1.82) is 0 Å². The molecule has 2 N–H and O–H groups in total. The quantitative estimate of drug-likeness (QED) is 0.916. The van der Waals surface area contributed by atoms with Gasteiger partial charge in [0.1, 0.15) is 0 Å². The summed E-state index contributed by atoms with van der Waals surface area (Å²) in [7, 11) is 0. The van der Waals surface area contributed by atoms with Gasteiger partial charge >= 0.3 is 6.18 Å². The maximum absolute atomic E-state index is 12.5. The summed E-state index contributed by atoms with van der Waals surface area (Å²) in [6.07, 6.45) is -1.52. The highest BCUT2D eigenvalue weighted by molar-refractivity contribution is 5.85. The van der Waals surface area contributed by atoms with Gasteiger partial charge < -0.3 is 5.73 Å². The predicted octanol–water partition coefficient (Wildman–Crippen LogP) is 2.17. The fraction of sp³-hybridized carbons (Fsp3) is 0.200. The van der Waals surface area contributed by atoms with E-state index in [1.54, 1.807) is 12.1 Å². The summed E-state index contributed by atoms with van der Waals surface area (Å²) < 4.78 is 38.7. The molecule has 2 heterocycles. The maximum Gasteiger partial charge on any atom is 0.435 e. The van der Waals surface area contributed by atoms with Crippen LogP contribution < -0.4 is 5.73 Å². The van der Waals surface area contributed by atoms with Crippen molar-refractivity contribution in [3.63, 3.8) is 0 Å². The number of nitrogens with zero attached hydrogens (tertiary/aromatic N) is 3. The largest absolute Gasteiger partial charge is 0.435 e. The van der Waals surface area contributed by atoms with E-state index < -0.39 is 11.9 Å². The van der Waals surface area contributed by atoms with Gasteiger partial charge in [-0.2, -0.15) is 18.3 Å². The van der Waals surface area contributed by atoms with Crippen LogP contribution in [0.5, 0.6) is 0 Å².